The number of benzene rings is 3. The molecule has 6 aromatic rings. The molecule has 2 saturated carbocycles. The lowest BCUT2D eigenvalue weighted by molar-refractivity contribution is -0.144. The molecule has 0 bridgehead atoms. The highest BCUT2D eigenvalue weighted by molar-refractivity contribution is 6.35. The lowest BCUT2D eigenvalue weighted by Gasteiger charge is -2.37. The third kappa shape index (κ3) is 10.6. The summed E-state index contributed by atoms with van der Waals surface area (Å²) in [7, 11) is 0. The summed E-state index contributed by atoms with van der Waals surface area (Å²) in [5, 5.41) is 24.8. The summed E-state index contributed by atoms with van der Waals surface area (Å²) >= 11 is 6.67. The third-order valence-electron chi connectivity index (χ3n) is 18.9. The molecular formula is C63H77ClN10O5. The van der Waals surface area contributed by atoms with Gasteiger partial charge in [0.15, 0.2) is 0 Å². The molecule has 0 radical (unpaired) electrons. The SMILES string of the molecule is Cc1ccncc1-c1ccc([C@H](CN2CCOCC2)NC(=O)[C@@H]2C[C@@H](O)CN2C(=O)[C@@H](n2cc(C3CCC(CN4CCC(c5ccc6c(c5)-n5c(nc(=O)c7c(Cl)cccc75)C65CCCCC5)CC4)CC3)nn2)C(C)(C)C)cc1. The fourth-order valence-electron chi connectivity index (χ4n) is 14.6. The Labute approximate surface area is 469 Å². The molecular weight excluding hydrogens is 1010 g/mol. The highest BCUT2D eigenvalue weighted by Gasteiger charge is 2.48. The molecule has 3 aromatic heterocycles. The van der Waals surface area contributed by atoms with Crippen LogP contribution >= 0.6 is 11.6 Å². The summed E-state index contributed by atoms with van der Waals surface area (Å²) in [6, 6.07) is 21.3. The Kier molecular flexibility index (Phi) is 15.1. The van der Waals surface area contributed by atoms with Crippen LogP contribution in [0, 0.1) is 18.3 Å². The Hall–Kier alpha value is -5.84. The average molecular weight is 1090 g/mol. The topological polar surface area (TPSA) is 164 Å². The molecule has 16 heteroatoms. The van der Waals surface area contributed by atoms with Gasteiger partial charge >= 0.3 is 0 Å². The number of pyridine rings is 1. The summed E-state index contributed by atoms with van der Waals surface area (Å²) in [5.74, 6) is 1.71. The summed E-state index contributed by atoms with van der Waals surface area (Å²) in [6.45, 7) is 14.8. The van der Waals surface area contributed by atoms with Gasteiger partial charge in [-0.25, -0.2) is 4.68 Å². The Balaban J connectivity index is 0.677. The Morgan fingerprint density at radius 2 is 1.66 bits per heavy atom. The number of hydrogen-bond donors (Lipinski definition) is 2. The molecule has 5 fully saturated rings. The number of aliphatic hydroxyl groups is 1. The van der Waals surface area contributed by atoms with Gasteiger partial charge < -0.3 is 25.0 Å². The summed E-state index contributed by atoms with van der Waals surface area (Å²) in [5.41, 5.74) is 8.81. The van der Waals surface area contributed by atoms with Crippen molar-refractivity contribution in [3.63, 3.8) is 0 Å². The van der Waals surface area contributed by atoms with Gasteiger partial charge in [0.05, 0.1) is 58.1 Å². The van der Waals surface area contributed by atoms with Crippen molar-refractivity contribution in [3.05, 3.63) is 134 Å². The monoisotopic (exact) mass is 1090 g/mol. The first-order valence-corrected chi connectivity index (χ1v) is 29.7. The Morgan fingerprint density at radius 1 is 0.899 bits per heavy atom. The molecule has 3 aromatic carbocycles. The number of halogens is 1. The van der Waals surface area contributed by atoms with Gasteiger partial charge in [0.2, 0.25) is 11.8 Å². The van der Waals surface area contributed by atoms with Crippen molar-refractivity contribution in [3.8, 4) is 16.8 Å². The first-order chi connectivity index (χ1) is 38.2. The minimum absolute atomic E-state index is 0.0689. The number of aliphatic hydroxyl groups excluding tert-OH is 1. The smallest absolute Gasteiger partial charge is 0.282 e. The number of nitrogens with one attached hydrogen (secondary N) is 1. The van der Waals surface area contributed by atoms with E-state index in [9.17, 15) is 19.5 Å². The Morgan fingerprint density at radius 3 is 2.39 bits per heavy atom. The number of amides is 2. The first kappa shape index (κ1) is 53.8. The molecule has 6 aliphatic rings. The number of β-amino-alcohol motifs (C(OH)–C–C–N with tert-alkyl or cyclic N) is 1. The second kappa shape index (κ2) is 22.2. The number of ether oxygens (including phenoxy) is 1. The van der Waals surface area contributed by atoms with Crippen molar-refractivity contribution in [2.75, 3.05) is 59.0 Å². The van der Waals surface area contributed by atoms with E-state index in [0.717, 1.165) is 136 Å². The van der Waals surface area contributed by atoms with E-state index in [1.54, 1.807) is 21.8 Å². The minimum Gasteiger partial charge on any atom is -0.391 e. The largest absolute Gasteiger partial charge is 0.391 e. The third-order valence-corrected chi connectivity index (χ3v) is 19.2. The molecule has 3 saturated heterocycles. The zero-order valence-corrected chi connectivity index (χ0v) is 47.2. The molecule has 15 nitrogen and oxygen atoms in total. The molecule has 2 aliphatic carbocycles. The molecule has 7 heterocycles. The van der Waals surface area contributed by atoms with Crippen molar-refractivity contribution >= 4 is 34.3 Å². The number of morpholine rings is 1. The fourth-order valence-corrected chi connectivity index (χ4v) is 14.8. The van der Waals surface area contributed by atoms with Crippen LogP contribution in [0.2, 0.25) is 5.02 Å². The van der Waals surface area contributed by atoms with Crippen LogP contribution < -0.4 is 10.9 Å². The maximum absolute atomic E-state index is 15.0. The molecule has 2 amide bonds. The van der Waals surface area contributed by atoms with Crippen molar-refractivity contribution in [2.24, 2.45) is 11.3 Å². The van der Waals surface area contributed by atoms with Gasteiger partial charge in [-0.1, -0.05) is 99.3 Å². The van der Waals surface area contributed by atoms with E-state index in [2.05, 4.69) is 79.3 Å². The van der Waals surface area contributed by atoms with Crippen LogP contribution in [0.3, 0.4) is 0 Å². The van der Waals surface area contributed by atoms with Crippen molar-refractivity contribution < 1.29 is 19.4 Å². The van der Waals surface area contributed by atoms with E-state index < -0.39 is 23.6 Å². The van der Waals surface area contributed by atoms with Gasteiger partial charge in [-0.3, -0.25) is 28.8 Å². The maximum atomic E-state index is 15.0. The highest BCUT2D eigenvalue weighted by Crippen LogP contribution is 2.52. The lowest BCUT2D eigenvalue weighted by atomic mass is 9.69. The van der Waals surface area contributed by atoms with Crippen LogP contribution in [0.1, 0.15) is 156 Å². The summed E-state index contributed by atoms with van der Waals surface area (Å²) in [4.78, 5) is 58.7. The average Bonchev–Trinajstić information content (AvgIpc) is 3.64. The van der Waals surface area contributed by atoms with Crippen LogP contribution in [0.15, 0.2) is 90.1 Å². The number of likely N-dealkylation sites (tertiary alicyclic amines) is 2. The number of aryl methyl sites for hydroxylation is 1. The predicted octanol–water partition coefficient (Wildman–Crippen LogP) is 9.46. The fraction of sp³-hybridized carbons (Fsp3) is 0.540. The predicted molar refractivity (Wildman–Crippen MR) is 307 cm³/mol. The van der Waals surface area contributed by atoms with Gasteiger partial charge in [0.1, 0.15) is 17.9 Å². The van der Waals surface area contributed by atoms with Gasteiger partial charge in [-0.2, -0.15) is 4.98 Å². The standard InChI is InChI=1S/C63H77ClN10O5/c1-40-21-26-65-35-48(40)43-15-17-44(18-16-43)51(38-71-29-31-79-32-30-71)66-58(76)55-34-47(75)37-72(55)60(78)57(62(2,3)4)73-39-52(68-69-73)45-13-11-41(12-14-45)36-70-27-22-42(23-28-70)46-19-20-49-54(33-46)74-53-10-8-9-50(64)56(53)59(77)67-61(74)63(49)24-6-5-7-25-63/h8-10,15-21,26,33,35,39,41-42,45,47,51,55,57,75H,5-7,11-14,22-25,27-32,34,36-38H2,1-4H3,(H,66,76)/t41?,45?,47-,51+,55+,57-/m1/s1. The highest BCUT2D eigenvalue weighted by atomic mass is 35.5. The van der Waals surface area contributed by atoms with Gasteiger partial charge in [-0.15, -0.1) is 5.10 Å². The number of fused-ring (bicyclic) bond motifs is 7. The van der Waals surface area contributed by atoms with Crippen LogP contribution in [-0.2, 0) is 19.7 Å². The van der Waals surface area contributed by atoms with E-state index in [4.69, 9.17) is 26.4 Å². The quantitative estimate of drug-likeness (QED) is 0.120. The van der Waals surface area contributed by atoms with Crippen LogP contribution in [0.25, 0.3) is 27.7 Å². The van der Waals surface area contributed by atoms with Gasteiger partial charge in [0, 0.05) is 69.2 Å². The summed E-state index contributed by atoms with van der Waals surface area (Å²) in [6.07, 6.45) is 16.9. The number of aromatic nitrogens is 6. The van der Waals surface area contributed by atoms with Crippen molar-refractivity contribution in [1.29, 1.82) is 0 Å². The number of nitrogens with zero attached hydrogens (tertiary/aromatic N) is 9. The maximum Gasteiger partial charge on any atom is 0.282 e. The molecule has 416 valence electrons. The molecule has 79 heavy (non-hydrogen) atoms. The van der Waals surface area contributed by atoms with E-state index in [0.29, 0.717) is 42.0 Å². The zero-order valence-electron chi connectivity index (χ0n) is 46.5. The molecule has 1 spiro atoms. The van der Waals surface area contributed by atoms with E-state index >= 15 is 0 Å². The summed E-state index contributed by atoms with van der Waals surface area (Å²) < 4.78 is 9.65. The molecule has 2 N–H and O–H groups in total. The van der Waals surface area contributed by atoms with E-state index in [-0.39, 0.29) is 47.7 Å². The number of hydrogen-bond acceptors (Lipinski definition) is 11. The van der Waals surface area contributed by atoms with Gasteiger partial charge in [-0.05, 0) is 141 Å². The van der Waals surface area contributed by atoms with Crippen molar-refractivity contribution in [2.45, 2.75) is 146 Å². The molecule has 12 rings (SSSR count). The van der Waals surface area contributed by atoms with Crippen LogP contribution in [0.5, 0.6) is 0 Å². The molecule has 4 atom stereocenters. The Bertz CT molecular complexity index is 3250. The zero-order chi connectivity index (χ0) is 54.6. The minimum atomic E-state index is -0.847. The van der Waals surface area contributed by atoms with Crippen molar-refractivity contribution in [1.82, 2.24) is 49.5 Å². The number of carbonyl (C=O) groups excluding carboxylic acids is 2. The van der Waals surface area contributed by atoms with E-state index in [1.807, 2.05) is 51.4 Å². The second-order valence-electron chi connectivity index (χ2n) is 25.0. The molecule has 4 aliphatic heterocycles. The van der Waals surface area contributed by atoms with Crippen LogP contribution in [0.4, 0.5) is 0 Å². The van der Waals surface area contributed by atoms with Crippen LogP contribution in [-0.4, -0.2) is 132 Å². The molecule has 0 unspecified atom stereocenters. The normalized spacial score (nSPS) is 23.6. The lowest BCUT2D eigenvalue weighted by Crippen LogP contribution is -2.52. The van der Waals surface area contributed by atoms with Gasteiger partial charge in [0.25, 0.3) is 5.56 Å². The number of rotatable bonds is 12. The van der Waals surface area contributed by atoms with E-state index in [1.165, 1.54) is 23.2 Å². The second-order valence-corrected chi connectivity index (χ2v) is 25.4. The number of carbonyl (C=O) groups is 2. The first-order valence-electron chi connectivity index (χ1n) is 29.3. The number of piperidine rings is 1.